The van der Waals surface area contributed by atoms with Crippen LogP contribution in [0.15, 0.2) is 52.7 Å². The number of nitrogens with zero attached hydrogens (tertiary/aromatic N) is 2. The van der Waals surface area contributed by atoms with Gasteiger partial charge in [0, 0.05) is 5.92 Å². The zero-order valence-electron chi connectivity index (χ0n) is 14.9. The van der Waals surface area contributed by atoms with Crippen LogP contribution in [0, 0.1) is 0 Å². The lowest BCUT2D eigenvalue weighted by Crippen LogP contribution is -2.02. The molecule has 0 saturated carbocycles. The van der Waals surface area contributed by atoms with Crippen molar-refractivity contribution in [2.75, 3.05) is 0 Å². The first-order valence-corrected chi connectivity index (χ1v) is 8.54. The van der Waals surface area contributed by atoms with Crippen LogP contribution in [0.5, 0.6) is 0 Å². The average Bonchev–Trinajstić information content (AvgIpc) is 3.26. The topological polar surface area (TPSA) is 151 Å². The number of aromatic nitrogens is 2. The highest BCUT2D eigenvalue weighted by atomic mass is 16.4. The number of hydrogen-bond acceptors (Lipinski definition) is 8. The van der Waals surface area contributed by atoms with Gasteiger partial charge < -0.3 is 8.83 Å². The van der Waals surface area contributed by atoms with Gasteiger partial charge in [0.2, 0.25) is 12.2 Å². The summed E-state index contributed by atoms with van der Waals surface area (Å²) in [6.07, 6.45) is 3.50. The van der Waals surface area contributed by atoms with E-state index in [1.54, 1.807) is 24.3 Å². The smallest absolute Gasteiger partial charge is 0.408 e. The molecule has 0 atom stereocenters. The lowest BCUT2D eigenvalue weighted by molar-refractivity contribution is 0.555. The Morgan fingerprint density at radius 3 is 1.69 bits per heavy atom. The molecule has 0 saturated heterocycles. The Morgan fingerprint density at radius 2 is 1.31 bits per heavy atom. The van der Waals surface area contributed by atoms with Gasteiger partial charge in [0.15, 0.2) is 11.2 Å². The minimum atomic E-state index is -0.684. The van der Waals surface area contributed by atoms with Gasteiger partial charge in [-0.05, 0) is 29.7 Å². The second-order valence-electron chi connectivity index (χ2n) is 6.15. The molecule has 0 amide bonds. The van der Waals surface area contributed by atoms with Crippen molar-refractivity contribution in [1.82, 2.24) is 9.97 Å². The van der Waals surface area contributed by atoms with E-state index in [-0.39, 0.29) is 33.6 Å². The Hall–Kier alpha value is -4.26. The second kappa shape index (κ2) is 7.05. The van der Waals surface area contributed by atoms with E-state index < -0.39 is 17.4 Å². The highest BCUT2D eigenvalue weighted by molar-refractivity contribution is 5.91. The summed E-state index contributed by atoms with van der Waals surface area (Å²) >= 11 is 0. The maximum absolute atomic E-state index is 11.6. The Balaban J connectivity index is 2.04. The number of isocyanates is 2. The van der Waals surface area contributed by atoms with Gasteiger partial charge in [0.1, 0.15) is 22.4 Å². The van der Waals surface area contributed by atoms with Crippen molar-refractivity contribution in [3.05, 3.63) is 56.5 Å². The van der Waals surface area contributed by atoms with Crippen LogP contribution >= 0.6 is 0 Å². The molecule has 4 rings (SSSR count). The number of rotatable bonds is 5. The molecule has 10 heteroatoms. The number of carbonyl (C=O) groups excluding carboxylic acids is 2. The normalized spacial score (nSPS) is 11.9. The SMILES string of the molecule is CCC(c1ccc2oc(=O)[nH]c2c1N=C=O)c1ccc2oc(=O)[nH]c2c1N=C=O. The second-order valence-corrected chi connectivity index (χ2v) is 6.15. The first-order chi connectivity index (χ1) is 14.1. The molecule has 0 unspecified atom stereocenters. The number of fused-ring (bicyclic) bond motifs is 2. The van der Waals surface area contributed by atoms with Crippen LogP contribution in [0.3, 0.4) is 0 Å². The summed E-state index contributed by atoms with van der Waals surface area (Å²) in [5.41, 5.74) is 2.53. The molecule has 2 heterocycles. The average molecular weight is 392 g/mol. The molecular formula is C19H12N4O6. The van der Waals surface area contributed by atoms with Crippen LogP contribution in [0.2, 0.25) is 0 Å². The van der Waals surface area contributed by atoms with E-state index in [0.717, 1.165) is 0 Å². The van der Waals surface area contributed by atoms with Gasteiger partial charge in [-0.15, -0.1) is 0 Å². The molecule has 10 nitrogen and oxygen atoms in total. The monoisotopic (exact) mass is 392 g/mol. The number of aromatic amines is 2. The Labute approximate surface area is 160 Å². The minimum Gasteiger partial charge on any atom is -0.408 e. The number of aliphatic imine (C=N–C) groups is 2. The van der Waals surface area contributed by atoms with Crippen molar-refractivity contribution in [2.45, 2.75) is 19.3 Å². The van der Waals surface area contributed by atoms with Gasteiger partial charge in [0.25, 0.3) is 0 Å². The van der Waals surface area contributed by atoms with Gasteiger partial charge in [-0.1, -0.05) is 19.1 Å². The summed E-state index contributed by atoms with van der Waals surface area (Å²) in [7, 11) is 0. The highest BCUT2D eigenvalue weighted by Gasteiger charge is 2.24. The lowest BCUT2D eigenvalue weighted by Gasteiger charge is -2.19. The molecular weight excluding hydrogens is 380 g/mol. The third kappa shape index (κ3) is 2.94. The molecule has 2 N–H and O–H groups in total. The van der Waals surface area contributed by atoms with Gasteiger partial charge in [-0.3, -0.25) is 9.97 Å². The van der Waals surface area contributed by atoms with E-state index in [9.17, 15) is 19.2 Å². The number of oxazole rings is 2. The highest BCUT2D eigenvalue weighted by Crippen LogP contribution is 2.42. The number of hydrogen-bond donors (Lipinski definition) is 2. The lowest BCUT2D eigenvalue weighted by atomic mass is 9.86. The van der Waals surface area contributed by atoms with Gasteiger partial charge in [-0.2, -0.15) is 9.98 Å². The predicted molar refractivity (Wildman–Crippen MR) is 101 cm³/mol. The maximum atomic E-state index is 11.6. The Morgan fingerprint density at radius 1 is 0.862 bits per heavy atom. The quantitative estimate of drug-likeness (QED) is 0.393. The fraction of sp³-hybridized carbons (Fsp3) is 0.158. The molecule has 2 aromatic heterocycles. The van der Waals surface area contributed by atoms with E-state index in [1.807, 2.05) is 6.92 Å². The van der Waals surface area contributed by atoms with Crippen LogP contribution in [-0.4, -0.2) is 22.1 Å². The van der Waals surface area contributed by atoms with E-state index >= 15 is 0 Å². The van der Waals surface area contributed by atoms with Crippen molar-refractivity contribution < 1.29 is 18.4 Å². The third-order valence-corrected chi connectivity index (χ3v) is 4.68. The van der Waals surface area contributed by atoms with Crippen molar-refractivity contribution in [3.8, 4) is 0 Å². The third-order valence-electron chi connectivity index (χ3n) is 4.68. The summed E-state index contributed by atoms with van der Waals surface area (Å²) in [5, 5.41) is 0. The van der Waals surface area contributed by atoms with Crippen LogP contribution < -0.4 is 11.5 Å². The van der Waals surface area contributed by atoms with Crippen LogP contribution in [0.1, 0.15) is 30.4 Å². The van der Waals surface area contributed by atoms with E-state index in [4.69, 9.17) is 8.83 Å². The first kappa shape index (κ1) is 18.1. The molecule has 4 aromatic rings. The molecule has 0 spiro atoms. The summed E-state index contributed by atoms with van der Waals surface area (Å²) in [5.74, 6) is -1.77. The maximum Gasteiger partial charge on any atom is 0.417 e. The molecule has 0 fully saturated rings. The van der Waals surface area contributed by atoms with Gasteiger partial charge in [-0.25, -0.2) is 19.2 Å². The Kier molecular flexibility index (Phi) is 4.40. The number of benzene rings is 2. The first-order valence-electron chi connectivity index (χ1n) is 8.54. The molecule has 2 aromatic carbocycles. The number of H-pyrrole nitrogens is 2. The molecule has 29 heavy (non-hydrogen) atoms. The van der Waals surface area contributed by atoms with E-state index in [2.05, 4.69) is 20.0 Å². The van der Waals surface area contributed by atoms with Crippen LogP contribution in [0.25, 0.3) is 22.2 Å². The molecule has 0 aliphatic heterocycles. The molecule has 0 aliphatic carbocycles. The van der Waals surface area contributed by atoms with E-state index in [0.29, 0.717) is 17.5 Å². The molecule has 0 aliphatic rings. The minimum absolute atomic E-state index is 0.192. The summed E-state index contributed by atoms with van der Waals surface area (Å²) in [6.45, 7) is 1.89. The fourth-order valence-corrected chi connectivity index (χ4v) is 3.55. The zero-order chi connectivity index (χ0) is 20.5. The fourth-order valence-electron chi connectivity index (χ4n) is 3.55. The molecule has 0 radical (unpaired) electrons. The van der Waals surface area contributed by atoms with Crippen molar-refractivity contribution in [3.63, 3.8) is 0 Å². The van der Waals surface area contributed by atoms with Crippen molar-refractivity contribution in [2.24, 2.45) is 9.98 Å². The van der Waals surface area contributed by atoms with Crippen molar-refractivity contribution in [1.29, 1.82) is 0 Å². The number of nitrogens with one attached hydrogen (secondary N) is 2. The van der Waals surface area contributed by atoms with Crippen LogP contribution in [0.4, 0.5) is 11.4 Å². The predicted octanol–water partition coefficient (Wildman–Crippen LogP) is 3.03. The molecule has 144 valence electrons. The van der Waals surface area contributed by atoms with E-state index in [1.165, 1.54) is 12.2 Å². The standard InChI is InChI=1S/C19H12N4O6/c1-2-9(10-3-5-12-16(14(10)20-7-24)22-18(26)28-12)11-4-6-13-17(15(11)21-8-25)23-19(27)29-13/h3-6,9H,2H2,1H3,(H,22,26)(H,23,27). The van der Waals surface area contributed by atoms with Crippen molar-refractivity contribution >= 4 is 45.7 Å². The Bertz CT molecular complexity index is 1350. The summed E-state index contributed by atoms with van der Waals surface area (Å²) in [6, 6.07) is 6.49. The van der Waals surface area contributed by atoms with Gasteiger partial charge in [0.05, 0.1) is 0 Å². The summed E-state index contributed by atoms with van der Waals surface area (Å²) in [4.78, 5) is 57.8. The zero-order valence-corrected chi connectivity index (χ0v) is 14.9. The largest absolute Gasteiger partial charge is 0.417 e. The van der Waals surface area contributed by atoms with Gasteiger partial charge >= 0.3 is 11.5 Å². The van der Waals surface area contributed by atoms with Crippen LogP contribution in [-0.2, 0) is 9.59 Å². The molecule has 0 bridgehead atoms. The summed E-state index contributed by atoms with van der Waals surface area (Å²) < 4.78 is 10.1.